The van der Waals surface area contributed by atoms with Crippen LogP contribution in [0.4, 0.5) is 0 Å². The van der Waals surface area contributed by atoms with Crippen molar-refractivity contribution in [1.82, 2.24) is 0 Å². The van der Waals surface area contributed by atoms with Crippen molar-refractivity contribution < 1.29 is 28.6 Å². The van der Waals surface area contributed by atoms with Crippen LogP contribution in [0.1, 0.15) is 310 Å². The third-order valence-corrected chi connectivity index (χ3v) is 14.2. The molecular formula is C74H124O6. The smallest absolute Gasteiger partial charge is 0.306 e. The summed E-state index contributed by atoms with van der Waals surface area (Å²) >= 11 is 0. The Morgan fingerprint density at radius 3 is 0.825 bits per heavy atom. The van der Waals surface area contributed by atoms with Crippen LogP contribution in [0.2, 0.25) is 0 Å². The van der Waals surface area contributed by atoms with E-state index in [9.17, 15) is 14.4 Å². The fourth-order valence-electron chi connectivity index (χ4n) is 9.16. The molecule has 0 aromatic carbocycles. The number of unbranched alkanes of at least 4 members (excludes halogenated alkanes) is 29. The Morgan fingerprint density at radius 1 is 0.263 bits per heavy atom. The molecule has 6 heteroatoms. The first-order valence-corrected chi connectivity index (χ1v) is 33.5. The number of allylic oxidation sites excluding steroid dienone is 20. The van der Waals surface area contributed by atoms with Gasteiger partial charge in [-0.25, -0.2) is 0 Å². The molecule has 0 amide bonds. The summed E-state index contributed by atoms with van der Waals surface area (Å²) in [5.41, 5.74) is 0. The lowest BCUT2D eigenvalue weighted by Gasteiger charge is -2.18. The molecule has 0 fully saturated rings. The molecule has 0 heterocycles. The molecule has 0 rings (SSSR count). The highest BCUT2D eigenvalue weighted by Crippen LogP contribution is 2.16. The van der Waals surface area contributed by atoms with Crippen LogP contribution in [0.5, 0.6) is 0 Å². The lowest BCUT2D eigenvalue weighted by atomic mass is 10.0. The summed E-state index contributed by atoms with van der Waals surface area (Å²) in [5.74, 6) is -0.915. The van der Waals surface area contributed by atoms with Gasteiger partial charge >= 0.3 is 17.9 Å². The Morgan fingerprint density at radius 2 is 0.512 bits per heavy atom. The largest absolute Gasteiger partial charge is 0.462 e. The van der Waals surface area contributed by atoms with E-state index in [-0.39, 0.29) is 31.1 Å². The van der Waals surface area contributed by atoms with Gasteiger partial charge in [0.25, 0.3) is 0 Å². The molecule has 0 aliphatic heterocycles. The van der Waals surface area contributed by atoms with E-state index in [0.717, 1.165) is 148 Å². The Bertz CT molecular complexity index is 1650. The molecule has 456 valence electrons. The van der Waals surface area contributed by atoms with Gasteiger partial charge in [-0.05, 0) is 128 Å². The Hall–Kier alpha value is -4.19. The summed E-state index contributed by atoms with van der Waals surface area (Å²) in [6.07, 6.45) is 93.6. The van der Waals surface area contributed by atoms with Gasteiger partial charge in [0.15, 0.2) is 6.10 Å². The predicted molar refractivity (Wildman–Crippen MR) is 348 cm³/mol. The van der Waals surface area contributed by atoms with E-state index in [2.05, 4.69) is 142 Å². The highest BCUT2D eigenvalue weighted by atomic mass is 16.6. The molecule has 0 aromatic heterocycles. The maximum Gasteiger partial charge on any atom is 0.306 e. The maximum absolute atomic E-state index is 12.9. The predicted octanol–water partition coefficient (Wildman–Crippen LogP) is 23.2. The zero-order chi connectivity index (χ0) is 57.8. The highest BCUT2D eigenvalue weighted by Gasteiger charge is 2.19. The minimum absolute atomic E-state index is 0.0902. The molecule has 0 spiro atoms. The molecule has 0 saturated carbocycles. The number of hydrogen-bond donors (Lipinski definition) is 0. The molecule has 6 nitrogen and oxygen atoms in total. The van der Waals surface area contributed by atoms with Crippen molar-refractivity contribution in [3.8, 4) is 0 Å². The van der Waals surface area contributed by atoms with Gasteiger partial charge in [0.2, 0.25) is 0 Å². The molecule has 0 saturated heterocycles. The van der Waals surface area contributed by atoms with Gasteiger partial charge in [-0.3, -0.25) is 14.4 Å². The average molecular weight is 1110 g/mol. The minimum Gasteiger partial charge on any atom is -0.462 e. The zero-order valence-electron chi connectivity index (χ0n) is 52.3. The number of hydrogen-bond acceptors (Lipinski definition) is 6. The molecular weight excluding hydrogens is 985 g/mol. The summed E-state index contributed by atoms with van der Waals surface area (Å²) in [6.45, 7) is 6.45. The second-order valence-corrected chi connectivity index (χ2v) is 22.0. The molecule has 0 N–H and O–H groups in total. The standard InChI is InChI=1S/C74H124O6/c1-4-7-10-13-16-19-22-24-26-28-30-32-34-36-37-39-40-42-44-46-48-50-52-55-58-61-64-67-73(76)79-70-71(69-78-72(75)66-63-60-57-54-21-18-15-12-9-6-3)80-74(77)68-65-62-59-56-53-51-49-47-45-43-41-38-35-33-31-29-27-25-23-20-17-14-11-8-5-2/h7,10,12,15-16,19,23-26,29-32,36-37,40,42,46,48,71H,4-6,8-9,11,13-14,17-18,20-22,27-28,33-35,38-39,41,43-45,47,49-70H2,1-3H3/b10-7-,15-12-,19-16-,25-23-,26-24-,31-29-,32-30-,37-36-,42-40-,48-46-. The monoisotopic (exact) mass is 1110 g/mol. The summed E-state index contributed by atoms with van der Waals surface area (Å²) in [6, 6.07) is 0. The van der Waals surface area contributed by atoms with Crippen molar-refractivity contribution in [2.45, 2.75) is 316 Å². The maximum atomic E-state index is 12.9. The average Bonchev–Trinajstić information content (AvgIpc) is 3.46. The van der Waals surface area contributed by atoms with Crippen molar-refractivity contribution in [2.24, 2.45) is 0 Å². The van der Waals surface area contributed by atoms with Gasteiger partial charge < -0.3 is 14.2 Å². The van der Waals surface area contributed by atoms with Gasteiger partial charge in [0, 0.05) is 19.3 Å². The van der Waals surface area contributed by atoms with Crippen molar-refractivity contribution in [1.29, 1.82) is 0 Å². The Labute approximate surface area is 494 Å². The van der Waals surface area contributed by atoms with Crippen LogP contribution < -0.4 is 0 Å². The van der Waals surface area contributed by atoms with Crippen LogP contribution in [-0.2, 0) is 28.6 Å². The van der Waals surface area contributed by atoms with Gasteiger partial charge in [0.1, 0.15) is 13.2 Å². The minimum atomic E-state index is -0.794. The third-order valence-electron chi connectivity index (χ3n) is 14.2. The van der Waals surface area contributed by atoms with E-state index >= 15 is 0 Å². The summed E-state index contributed by atoms with van der Waals surface area (Å²) in [4.78, 5) is 38.3. The van der Waals surface area contributed by atoms with Gasteiger partial charge in [0.05, 0.1) is 0 Å². The quantitative estimate of drug-likeness (QED) is 0.0261. The van der Waals surface area contributed by atoms with Gasteiger partial charge in [-0.2, -0.15) is 0 Å². The summed E-state index contributed by atoms with van der Waals surface area (Å²) in [7, 11) is 0. The number of ether oxygens (including phenoxy) is 3. The number of carbonyl (C=O) groups excluding carboxylic acids is 3. The fourth-order valence-corrected chi connectivity index (χ4v) is 9.16. The lowest BCUT2D eigenvalue weighted by Crippen LogP contribution is -2.30. The molecule has 0 aliphatic carbocycles. The van der Waals surface area contributed by atoms with E-state index < -0.39 is 6.10 Å². The molecule has 0 radical (unpaired) electrons. The number of carbonyl (C=O) groups is 3. The first-order valence-electron chi connectivity index (χ1n) is 33.5. The Balaban J connectivity index is 4.29. The van der Waals surface area contributed by atoms with Crippen molar-refractivity contribution in [3.63, 3.8) is 0 Å². The second-order valence-electron chi connectivity index (χ2n) is 22.0. The molecule has 1 unspecified atom stereocenters. The van der Waals surface area contributed by atoms with Crippen LogP contribution >= 0.6 is 0 Å². The van der Waals surface area contributed by atoms with Crippen molar-refractivity contribution >= 4 is 17.9 Å². The molecule has 1 atom stereocenters. The first-order chi connectivity index (χ1) is 39.5. The van der Waals surface area contributed by atoms with Crippen molar-refractivity contribution in [3.05, 3.63) is 122 Å². The van der Waals surface area contributed by atoms with Crippen LogP contribution in [-0.4, -0.2) is 37.2 Å². The van der Waals surface area contributed by atoms with Crippen LogP contribution in [0.3, 0.4) is 0 Å². The van der Waals surface area contributed by atoms with Gasteiger partial charge in [-0.15, -0.1) is 0 Å². The van der Waals surface area contributed by atoms with Crippen LogP contribution in [0.15, 0.2) is 122 Å². The third kappa shape index (κ3) is 64.6. The second kappa shape index (κ2) is 67.3. The summed E-state index contributed by atoms with van der Waals surface area (Å²) in [5, 5.41) is 0. The summed E-state index contributed by atoms with van der Waals surface area (Å²) < 4.78 is 16.9. The van der Waals surface area contributed by atoms with E-state index in [4.69, 9.17) is 14.2 Å². The van der Waals surface area contributed by atoms with Crippen LogP contribution in [0, 0.1) is 0 Å². The molecule has 80 heavy (non-hydrogen) atoms. The van der Waals surface area contributed by atoms with Crippen molar-refractivity contribution in [2.75, 3.05) is 13.2 Å². The zero-order valence-corrected chi connectivity index (χ0v) is 52.3. The van der Waals surface area contributed by atoms with Gasteiger partial charge in [-0.1, -0.05) is 284 Å². The fraction of sp³-hybridized carbons (Fsp3) is 0.689. The van der Waals surface area contributed by atoms with E-state index in [0.29, 0.717) is 19.3 Å². The molecule has 0 aliphatic rings. The highest BCUT2D eigenvalue weighted by molar-refractivity contribution is 5.71. The number of rotatable bonds is 60. The van der Waals surface area contributed by atoms with E-state index in [1.165, 1.54) is 122 Å². The molecule has 0 bridgehead atoms. The normalized spacial score (nSPS) is 12.9. The lowest BCUT2D eigenvalue weighted by molar-refractivity contribution is -0.167. The first kappa shape index (κ1) is 75.8. The SMILES string of the molecule is CC/C=C\C/C=C\C/C=C\C/C=C\C/C=C\C/C=C\C/C=C\CCCCCCCC(=O)OCC(COC(=O)CCCCCCC/C=C\CCC)OC(=O)CCCCCCCCCCCCCCC/C=C\C/C=C\CCCCCCC. The van der Waals surface area contributed by atoms with Crippen LogP contribution in [0.25, 0.3) is 0 Å². The topological polar surface area (TPSA) is 78.9 Å². The van der Waals surface area contributed by atoms with E-state index in [1.54, 1.807) is 0 Å². The number of esters is 3. The molecule has 0 aromatic rings. The Kier molecular flexibility index (Phi) is 63.8. The van der Waals surface area contributed by atoms with E-state index in [1.807, 2.05) is 0 Å².